The van der Waals surface area contributed by atoms with Crippen LogP contribution in [0.25, 0.3) is 22.3 Å². The van der Waals surface area contributed by atoms with Crippen LogP contribution < -0.4 is 10.1 Å². The van der Waals surface area contributed by atoms with E-state index >= 15 is 0 Å². The van der Waals surface area contributed by atoms with Crippen molar-refractivity contribution in [3.05, 3.63) is 41.3 Å². The second-order valence-electron chi connectivity index (χ2n) is 9.64. The molecule has 2 aromatic heterocycles. The van der Waals surface area contributed by atoms with Crippen molar-refractivity contribution in [3.8, 4) is 17.0 Å². The van der Waals surface area contributed by atoms with Gasteiger partial charge in [-0.25, -0.2) is 18.7 Å². The van der Waals surface area contributed by atoms with Crippen molar-refractivity contribution >= 4 is 22.8 Å². The molecule has 8 nitrogen and oxygen atoms in total. The lowest BCUT2D eigenvalue weighted by molar-refractivity contribution is -0.129. The van der Waals surface area contributed by atoms with Gasteiger partial charge in [0.2, 0.25) is 5.91 Å². The maximum atomic E-state index is 13.5. The highest BCUT2D eigenvalue weighted by Gasteiger charge is 2.27. The lowest BCUT2D eigenvalue weighted by atomic mass is 10.0. The van der Waals surface area contributed by atoms with E-state index in [1.807, 2.05) is 0 Å². The van der Waals surface area contributed by atoms with Crippen LogP contribution in [0.4, 0.5) is 8.78 Å². The number of nitrogens with zero attached hydrogens (tertiary/aromatic N) is 3. The summed E-state index contributed by atoms with van der Waals surface area (Å²) in [6.45, 7) is 5.05. The van der Waals surface area contributed by atoms with Crippen molar-refractivity contribution in [2.24, 2.45) is 5.92 Å². The van der Waals surface area contributed by atoms with Crippen molar-refractivity contribution in [2.75, 3.05) is 19.7 Å². The van der Waals surface area contributed by atoms with Crippen molar-refractivity contribution < 1.29 is 23.1 Å². The monoisotopic (exact) mass is 497 g/mol. The summed E-state index contributed by atoms with van der Waals surface area (Å²) in [6.07, 6.45) is 2.26. The standard InChI is InChI=1S/C26H29F2N5O3/c1-14-21(26(35)32-18-7-9-33(10-8-18)15(2)34)23-24(31-14)22(29-13-30-23)19-11-17(25(27)28)5-6-20(19)36-12-16-3-4-16/h5-6,11,13,16,18,25,31H,3-4,7-10,12H2,1-2H3,(H,32,35). The Hall–Kier alpha value is -3.56. The number of rotatable bonds is 7. The molecule has 3 heterocycles. The minimum atomic E-state index is -2.64. The summed E-state index contributed by atoms with van der Waals surface area (Å²) in [6, 6.07) is 4.27. The average Bonchev–Trinajstić information content (AvgIpc) is 3.62. The molecule has 1 aromatic carbocycles. The van der Waals surface area contributed by atoms with Crippen LogP contribution in [0.15, 0.2) is 24.5 Å². The largest absolute Gasteiger partial charge is 0.493 e. The lowest BCUT2D eigenvalue weighted by Gasteiger charge is -2.31. The molecule has 0 spiro atoms. The minimum absolute atomic E-state index is 0.0351. The maximum absolute atomic E-state index is 13.5. The van der Waals surface area contributed by atoms with Gasteiger partial charge in [-0.3, -0.25) is 9.59 Å². The molecule has 5 rings (SSSR count). The maximum Gasteiger partial charge on any atom is 0.263 e. The number of halogens is 2. The number of amides is 2. The fourth-order valence-corrected chi connectivity index (χ4v) is 4.69. The van der Waals surface area contributed by atoms with E-state index in [2.05, 4.69) is 20.3 Å². The van der Waals surface area contributed by atoms with Crippen LogP contribution in [-0.4, -0.2) is 57.4 Å². The van der Waals surface area contributed by atoms with Crippen molar-refractivity contribution in [1.29, 1.82) is 0 Å². The van der Waals surface area contributed by atoms with Gasteiger partial charge < -0.3 is 19.9 Å². The van der Waals surface area contributed by atoms with Gasteiger partial charge in [0.1, 0.15) is 23.3 Å². The van der Waals surface area contributed by atoms with Gasteiger partial charge >= 0.3 is 0 Å². The third-order valence-corrected chi connectivity index (χ3v) is 6.96. The molecule has 2 fully saturated rings. The molecule has 1 saturated carbocycles. The molecule has 1 saturated heterocycles. The number of hydrogen-bond acceptors (Lipinski definition) is 5. The molecular weight excluding hydrogens is 468 g/mol. The number of nitrogens with one attached hydrogen (secondary N) is 2. The van der Waals surface area contributed by atoms with Gasteiger partial charge in [0.15, 0.2) is 0 Å². The molecule has 0 atom stereocenters. The second-order valence-corrected chi connectivity index (χ2v) is 9.64. The Balaban J connectivity index is 1.46. The number of H-pyrrole nitrogens is 1. The number of hydrogen-bond donors (Lipinski definition) is 2. The highest BCUT2D eigenvalue weighted by molar-refractivity contribution is 6.09. The van der Waals surface area contributed by atoms with Crippen molar-refractivity contribution in [1.82, 2.24) is 25.2 Å². The smallest absolute Gasteiger partial charge is 0.263 e. The van der Waals surface area contributed by atoms with Gasteiger partial charge in [-0.1, -0.05) is 0 Å². The van der Waals surface area contributed by atoms with E-state index in [-0.39, 0.29) is 23.4 Å². The summed E-state index contributed by atoms with van der Waals surface area (Å²) in [5.41, 5.74) is 2.63. The highest BCUT2D eigenvalue weighted by Crippen LogP contribution is 2.38. The first kappa shape index (κ1) is 24.1. The van der Waals surface area contributed by atoms with E-state index in [0.29, 0.717) is 77.8 Å². The van der Waals surface area contributed by atoms with Gasteiger partial charge in [0.25, 0.3) is 12.3 Å². The molecule has 0 unspecified atom stereocenters. The number of ether oxygens (including phenoxy) is 1. The van der Waals surface area contributed by atoms with Crippen LogP contribution in [0, 0.1) is 12.8 Å². The van der Waals surface area contributed by atoms with Gasteiger partial charge in [-0.05, 0) is 56.7 Å². The van der Waals surface area contributed by atoms with Gasteiger partial charge in [0.05, 0.1) is 17.7 Å². The van der Waals surface area contributed by atoms with Crippen LogP contribution in [0.1, 0.15) is 60.6 Å². The van der Waals surface area contributed by atoms with Crippen molar-refractivity contribution in [2.45, 2.75) is 52.0 Å². The van der Waals surface area contributed by atoms with Gasteiger partial charge in [-0.15, -0.1) is 0 Å². The van der Waals surface area contributed by atoms with E-state index in [1.54, 1.807) is 24.8 Å². The number of carbonyl (C=O) groups is 2. The van der Waals surface area contributed by atoms with E-state index < -0.39 is 6.43 Å². The Labute approximate surface area is 207 Å². The number of alkyl halides is 2. The SMILES string of the molecule is CC(=O)N1CCC(NC(=O)c2c(C)[nH]c3c(-c4cc(C(F)F)ccc4OCC4CC4)ncnc23)CC1. The van der Waals surface area contributed by atoms with Gasteiger partial charge in [0, 0.05) is 42.9 Å². The molecular formula is C26H29F2N5O3. The molecule has 10 heteroatoms. The minimum Gasteiger partial charge on any atom is -0.493 e. The average molecular weight is 498 g/mol. The summed E-state index contributed by atoms with van der Waals surface area (Å²) in [5.74, 6) is 0.731. The van der Waals surface area contributed by atoms with Crippen LogP contribution in [0.3, 0.4) is 0 Å². The number of likely N-dealkylation sites (tertiary alicyclic amines) is 1. The zero-order chi connectivity index (χ0) is 25.4. The molecule has 1 aliphatic carbocycles. The van der Waals surface area contributed by atoms with Crippen molar-refractivity contribution in [3.63, 3.8) is 0 Å². The summed E-state index contributed by atoms with van der Waals surface area (Å²) in [7, 11) is 0. The Morgan fingerprint density at radius 2 is 1.94 bits per heavy atom. The summed E-state index contributed by atoms with van der Waals surface area (Å²) < 4.78 is 33.1. The Morgan fingerprint density at radius 1 is 1.19 bits per heavy atom. The zero-order valence-corrected chi connectivity index (χ0v) is 20.3. The van der Waals surface area contributed by atoms with E-state index in [1.165, 1.54) is 18.5 Å². The molecule has 2 aliphatic rings. The third-order valence-electron chi connectivity index (χ3n) is 6.96. The fourth-order valence-electron chi connectivity index (χ4n) is 4.69. The topological polar surface area (TPSA) is 100 Å². The van der Waals surface area contributed by atoms with Crippen LogP contribution >= 0.6 is 0 Å². The molecule has 0 bridgehead atoms. The quantitative estimate of drug-likeness (QED) is 0.504. The summed E-state index contributed by atoms with van der Waals surface area (Å²) in [5, 5.41) is 3.07. The number of carbonyl (C=O) groups excluding carboxylic acids is 2. The molecule has 0 radical (unpaired) electrons. The van der Waals surface area contributed by atoms with Crippen LogP contribution in [0.5, 0.6) is 5.75 Å². The number of benzene rings is 1. The predicted octanol–water partition coefficient (Wildman–Crippen LogP) is 4.40. The normalized spacial score (nSPS) is 16.5. The lowest BCUT2D eigenvalue weighted by Crippen LogP contribution is -2.46. The van der Waals surface area contributed by atoms with Crippen LogP contribution in [0.2, 0.25) is 0 Å². The number of fused-ring (bicyclic) bond motifs is 1. The van der Waals surface area contributed by atoms with Crippen LogP contribution in [-0.2, 0) is 4.79 Å². The van der Waals surface area contributed by atoms with E-state index in [0.717, 1.165) is 12.8 Å². The molecule has 1 aliphatic heterocycles. The van der Waals surface area contributed by atoms with E-state index in [9.17, 15) is 18.4 Å². The molecule has 3 aromatic rings. The Bertz CT molecular complexity index is 1300. The first-order valence-corrected chi connectivity index (χ1v) is 12.3. The first-order chi connectivity index (χ1) is 17.3. The highest BCUT2D eigenvalue weighted by atomic mass is 19.3. The molecule has 36 heavy (non-hydrogen) atoms. The second kappa shape index (κ2) is 9.83. The summed E-state index contributed by atoms with van der Waals surface area (Å²) in [4.78, 5) is 38.6. The Morgan fingerprint density at radius 3 is 2.61 bits per heavy atom. The predicted molar refractivity (Wildman–Crippen MR) is 130 cm³/mol. The molecule has 190 valence electrons. The number of aryl methyl sites for hydroxylation is 1. The zero-order valence-electron chi connectivity index (χ0n) is 20.3. The number of aromatic amines is 1. The number of piperidine rings is 1. The van der Waals surface area contributed by atoms with E-state index in [4.69, 9.17) is 4.74 Å². The molecule has 2 amide bonds. The summed E-state index contributed by atoms with van der Waals surface area (Å²) >= 11 is 0. The molecule has 2 N–H and O–H groups in total. The fraction of sp³-hybridized carbons (Fsp3) is 0.462. The first-order valence-electron chi connectivity index (χ1n) is 12.3. The third kappa shape index (κ3) is 4.89. The Kier molecular flexibility index (Phi) is 6.59. The van der Waals surface area contributed by atoms with Gasteiger partial charge in [-0.2, -0.15) is 0 Å². The number of aromatic nitrogens is 3.